The number of urea groups is 1. The Morgan fingerprint density at radius 2 is 2.05 bits per heavy atom. The molecule has 2 rings (SSSR count). The molecule has 1 saturated heterocycles. The number of nitrogens with one attached hydrogen (secondary N) is 1. The summed E-state index contributed by atoms with van der Waals surface area (Å²) in [6.07, 6.45) is 1.32. The molecule has 6 heteroatoms. The van der Waals surface area contributed by atoms with E-state index in [-0.39, 0.29) is 17.9 Å². The fraction of sp³-hybridized carbons (Fsp3) is 0.500. The zero-order chi connectivity index (χ0) is 16.1. The van der Waals surface area contributed by atoms with Crippen LogP contribution in [0.25, 0.3) is 0 Å². The molecule has 5 nitrogen and oxygen atoms in total. The second-order valence-corrected chi connectivity index (χ2v) is 6.32. The van der Waals surface area contributed by atoms with Gasteiger partial charge in [-0.1, -0.05) is 15.9 Å². The summed E-state index contributed by atoms with van der Waals surface area (Å²) in [6, 6.07) is 5.62. The third-order valence-corrected chi connectivity index (χ3v) is 4.33. The summed E-state index contributed by atoms with van der Waals surface area (Å²) in [5.74, 6) is -0.232. The predicted molar refractivity (Wildman–Crippen MR) is 88.8 cm³/mol. The topological polar surface area (TPSA) is 58.6 Å². The Morgan fingerprint density at radius 1 is 1.36 bits per heavy atom. The fourth-order valence-electron chi connectivity index (χ4n) is 2.54. The van der Waals surface area contributed by atoms with Gasteiger partial charge in [0.2, 0.25) is 0 Å². The van der Waals surface area contributed by atoms with Crippen molar-refractivity contribution < 1.29 is 14.3 Å². The van der Waals surface area contributed by atoms with E-state index in [0.717, 1.165) is 15.7 Å². The van der Waals surface area contributed by atoms with E-state index in [0.29, 0.717) is 32.5 Å². The standard InChI is InChI=1S/C16H21BrN2O3/c1-3-22-15(20)12-6-8-19(9-7-12)16(21)18-14-5-4-13(17)10-11(14)2/h4-5,10,12H,3,6-9H2,1-2H3,(H,18,21). The van der Waals surface area contributed by atoms with Crippen molar-refractivity contribution in [2.45, 2.75) is 26.7 Å². The van der Waals surface area contributed by atoms with Crippen LogP contribution in [0.15, 0.2) is 22.7 Å². The lowest BCUT2D eigenvalue weighted by Gasteiger charge is -2.31. The van der Waals surface area contributed by atoms with E-state index in [1.807, 2.05) is 25.1 Å². The highest BCUT2D eigenvalue weighted by molar-refractivity contribution is 9.10. The van der Waals surface area contributed by atoms with Gasteiger partial charge in [0.1, 0.15) is 0 Å². The Kier molecular flexibility index (Phi) is 5.83. The second-order valence-electron chi connectivity index (χ2n) is 5.40. The van der Waals surface area contributed by atoms with Crippen molar-refractivity contribution in [3.05, 3.63) is 28.2 Å². The number of piperidine rings is 1. The number of esters is 1. The van der Waals surface area contributed by atoms with Crippen molar-refractivity contribution >= 4 is 33.6 Å². The minimum absolute atomic E-state index is 0.0848. The summed E-state index contributed by atoms with van der Waals surface area (Å²) in [7, 11) is 0. The van der Waals surface area contributed by atoms with Gasteiger partial charge < -0.3 is 15.0 Å². The molecule has 1 fully saturated rings. The molecule has 0 unspecified atom stereocenters. The van der Waals surface area contributed by atoms with Crippen LogP contribution in [0.5, 0.6) is 0 Å². The van der Waals surface area contributed by atoms with Gasteiger partial charge in [0, 0.05) is 23.2 Å². The van der Waals surface area contributed by atoms with E-state index in [9.17, 15) is 9.59 Å². The third kappa shape index (κ3) is 4.22. The van der Waals surface area contributed by atoms with E-state index in [1.54, 1.807) is 11.8 Å². The first-order valence-electron chi connectivity index (χ1n) is 7.50. The molecular weight excluding hydrogens is 348 g/mol. The summed E-state index contributed by atoms with van der Waals surface area (Å²) in [5, 5.41) is 2.93. The minimum atomic E-state index is -0.147. The first-order valence-corrected chi connectivity index (χ1v) is 8.29. The zero-order valence-electron chi connectivity index (χ0n) is 12.9. The highest BCUT2D eigenvalue weighted by Crippen LogP contribution is 2.22. The maximum absolute atomic E-state index is 12.3. The lowest BCUT2D eigenvalue weighted by Crippen LogP contribution is -2.42. The monoisotopic (exact) mass is 368 g/mol. The number of hydrogen-bond donors (Lipinski definition) is 1. The Bertz CT molecular complexity index is 554. The SMILES string of the molecule is CCOC(=O)C1CCN(C(=O)Nc2ccc(Br)cc2C)CC1. The highest BCUT2D eigenvalue weighted by atomic mass is 79.9. The Hall–Kier alpha value is -1.56. The number of hydrogen-bond acceptors (Lipinski definition) is 3. The maximum Gasteiger partial charge on any atom is 0.321 e. The predicted octanol–water partition coefficient (Wildman–Crippen LogP) is 3.56. The Morgan fingerprint density at radius 3 is 2.64 bits per heavy atom. The molecule has 120 valence electrons. The van der Waals surface area contributed by atoms with Crippen molar-refractivity contribution in [2.75, 3.05) is 25.0 Å². The van der Waals surface area contributed by atoms with Crippen LogP contribution >= 0.6 is 15.9 Å². The molecule has 0 radical (unpaired) electrons. The van der Waals surface area contributed by atoms with Crippen LogP contribution in [0.3, 0.4) is 0 Å². The van der Waals surface area contributed by atoms with Gasteiger partial charge in [0.05, 0.1) is 12.5 Å². The third-order valence-electron chi connectivity index (χ3n) is 3.83. The highest BCUT2D eigenvalue weighted by Gasteiger charge is 2.28. The van der Waals surface area contributed by atoms with Gasteiger partial charge in [-0.15, -0.1) is 0 Å². The van der Waals surface area contributed by atoms with Crippen LogP contribution in [-0.2, 0) is 9.53 Å². The van der Waals surface area contributed by atoms with Gasteiger partial charge in [-0.25, -0.2) is 4.79 Å². The molecule has 1 aliphatic heterocycles. The van der Waals surface area contributed by atoms with Crippen LogP contribution in [-0.4, -0.2) is 36.6 Å². The van der Waals surface area contributed by atoms with Crippen LogP contribution in [0.2, 0.25) is 0 Å². The molecule has 1 heterocycles. The average Bonchev–Trinajstić information content (AvgIpc) is 2.50. The number of aryl methyl sites for hydroxylation is 1. The fourth-order valence-corrected chi connectivity index (χ4v) is 3.02. The molecule has 0 aromatic heterocycles. The molecule has 0 aliphatic carbocycles. The molecule has 22 heavy (non-hydrogen) atoms. The Labute approximate surface area is 139 Å². The summed E-state index contributed by atoms with van der Waals surface area (Å²) in [5.41, 5.74) is 1.81. The maximum atomic E-state index is 12.3. The molecule has 0 atom stereocenters. The van der Waals surface area contributed by atoms with Crippen molar-refractivity contribution in [1.29, 1.82) is 0 Å². The normalized spacial score (nSPS) is 15.5. The molecular formula is C16H21BrN2O3. The van der Waals surface area contributed by atoms with Crippen molar-refractivity contribution in [3.8, 4) is 0 Å². The lowest BCUT2D eigenvalue weighted by molar-refractivity contribution is -0.149. The largest absolute Gasteiger partial charge is 0.466 e. The summed E-state index contributed by atoms with van der Waals surface area (Å²) >= 11 is 3.41. The van der Waals surface area contributed by atoms with Crippen LogP contribution in [0, 0.1) is 12.8 Å². The summed E-state index contributed by atoms with van der Waals surface area (Å²) in [6.45, 7) is 5.31. The van der Waals surface area contributed by atoms with Gasteiger partial charge in [0.15, 0.2) is 0 Å². The number of rotatable bonds is 3. The lowest BCUT2D eigenvalue weighted by atomic mass is 9.97. The molecule has 0 bridgehead atoms. The van der Waals surface area contributed by atoms with Crippen LogP contribution < -0.4 is 5.32 Å². The van der Waals surface area contributed by atoms with Crippen molar-refractivity contribution in [1.82, 2.24) is 4.90 Å². The number of likely N-dealkylation sites (tertiary alicyclic amines) is 1. The first-order chi connectivity index (χ1) is 10.5. The van der Waals surface area contributed by atoms with E-state index in [4.69, 9.17) is 4.74 Å². The second kappa shape index (κ2) is 7.63. The van der Waals surface area contributed by atoms with Crippen molar-refractivity contribution in [2.24, 2.45) is 5.92 Å². The summed E-state index contributed by atoms with van der Waals surface area (Å²) in [4.78, 5) is 25.7. The van der Waals surface area contributed by atoms with E-state index >= 15 is 0 Å². The number of ether oxygens (including phenoxy) is 1. The molecule has 0 saturated carbocycles. The smallest absolute Gasteiger partial charge is 0.321 e. The van der Waals surface area contributed by atoms with Gasteiger partial charge in [-0.3, -0.25) is 4.79 Å². The minimum Gasteiger partial charge on any atom is -0.466 e. The molecule has 1 aromatic rings. The van der Waals surface area contributed by atoms with Gasteiger partial charge in [-0.2, -0.15) is 0 Å². The van der Waals surface area contributed by atoms with Crippen LogP contribution in [0.1, 0.15) is 25.3 Å². The Balaban J connectivity index is 1.88. The first kappa shape index (κ1) is 16.8. The van der Waals surface area contributed by atoms with Gasteiger partial charge in [0.25, 0.3) is 0 Å². The van der Waals surface area contributed by atoms with Gasteiger partial charge >= 0.3 is 12.0 Å². The quantitative estimate of drug-likeness (QED) is 0.829. The average molecular weight is 369 g/mol. The summed E-state index contributed by atoms with van der Waals surface area (Å²) < 4.78 is 6.02. The molecule has 1 aromatic carbocycles. The van der Waals surface area contributed by atoms with E-state index in [1.165, 1.54) is 0 Å². The number of carbonyl (C=O) groups is 2. The molecule has 1 aliphatic rings. The number of anilines is 1. The molecule has 1 N–H and O–H groups in total. The number of nitrogens with zero attached hydrogens (tertiary/aromatic N) is 1. The van der Waals surface area contributed by atoms with Crippen molar-refractivity contribution in [3.63, 3.8) is 0 Å². The van der Waals surface area contributed by atoms with Crippen LogP contribution in [0.4, 0.5) is 10.5 Å². The number of carbonyl (C=O) groups excluding carboxylic acids is 2. The van der Waals surface area contributed by atoms with E-state index < -0.39 is 0 Å². The number of benzene rings is 1. The molecule has 0 spiro atoms. The van der Waals surface area contributed by atoms with Gasteiger partial charge in [-0.05, 0) is 50.5 Å². The van der Waals surface area contributed by atoms with E-state index in [2.05, 4.69) is 21.2 Å². The number of amides is 2. The number of halogens is 1. The molecule has 2 amide bonds. The zero-order valence-corrected chi connectivity index (χ0v) is 14.5.